The monoisotopic (exact) mass is 234 g/mol. The van der Waals surface area contributed by atoms with Gasteiger partial charge < -0.3 is 10.2 Å². The topological polar surface area (TPSA) is 15.3 Å². The standard InChI is InChI=1S/C16H14N2/c1-18-15-9-5-2-6-11(15)10-14-16(18)12-7-3-4-8-13(12)17-14/h2-10,16-17H,1H3. The lowest BCUT2D eigenvalue weighted by Gasteiger charge is -2.32. The molecule has 1 unspecified atom stereocenters. The lowest BCUT2D eigenvalue weighted by atomic mass is 9.98. The Kier molecular flexibility index (Phi) is 1.84. The van der Waals surface area contributed by atoms with Crippen molar-refractivity contribution in [3.8, 4) is 0 Å². The summed E-state index contributed by atoms with van der Waals surface area (Å²) in [6.07, 6.45) is 2.26. The summed E-state index contributed by atoms with van der Waals surface area (Å²) in [5, 5.41) is 3.53. The molecular formula is C16H14N2. The van der Waals surface area contributed by atoms with Crippen LogP contribution in [0.15, 0.2) is 54.2 Å². The van der Waals surface area contributed by atoms with Crippen molar-refractivity contribution in [3.05, 3.63) is 65.4 Å². The number of nitrogens with one attached hydrogen (secondary N) is 1. The number of rotatable bonds is 0. The van der Waals surface area contributed by atoms with E-state index in [1.54, 1.807) is 0 Å². The maximum absolute atomic E-state index is 3.53. The SMILES string of the molecule is CN1c2ccccc2C=C2Nc3ccccc3C21. The number of para-hydroxylation sites is 2. The second-order valence-electron chi connectivity index (χ2n) is 4.88. The van der Waals surface area contributed by atoms with Gasteiger partial charge in [0.05, 0.1) is 6.04 Å². The van der Waals surface area contributed by atoms with Gasteiger partial charge in [-0.1, -0.05) is 36.4 Å². The van der Waals surface area contributed by atoms with Gasteiger partial charge in [-0.15, -0.1) is 0 Å². The molecular weight excluding hydrogens is 220 g/mol. The smallest absolute Gasteiger partial charge is 0.0961 e. The molecule has 0 spiro atoms. The maximum atomic E-state index is 3.53. The van der Waals surface area contributed by atoms with Crippen molar-refractivity contribution in [1.82, 2.24) is 0 Å². The van der Waals surface area contributed by atoms with Gasteiger partial charge in [0.15, 0.2) is 0 Å². The first-order valence-corrected chi connectivity index (χ1v) is 6.24. The van der Waals surface area contributed by atoms with Crippen molar-refractivity contribution in [1.29, 1.82) is 0 Å². The van der Waals surface area contributed by atoms with Gasteiger partial charge in [-0.05, 0) is 23.8 Å². The van der Waals surface area contributed by atoms with Crippen LogP contribution < -0.4 is 10.2 Å². The van der Waals surface area contributed by atoms with Crippen molar-refractivity contribution in [2.45, 2.75) is 6.04 Å². The first kappa shape index (κ1) is 9.77. The Hall–Kier alpha value is -2.22. The minimum atomic E-state index is 0.330. The summed E-state index contributed by atoms with van der Waals surface area (Å²) in [5.41, 5.74) is 6.45. The Bertz CT molecular complexity index is 658. The fourth-order valence-corrected chi connectivity index (χ4v) is 3.01. The molecule has 0 amide bonds. The summed E-state index contributed by atoms with van der Waals surface area (Å²) < 4.78 is 0. The zero-order valence-electron chi connectivity index (χ0n) is 10.2. The molecule has 0 bridgehead atoms. The fraction of sp³-hybridized carbons (Fsp3) is 0.125. The highest BCUT2D eigenvalue weighted by molar-refractivity contribution is 5.82. The van der Waals surface area contributed by atoms with Crippen LogP contribution in [0.3, 0.4) is 0 Å². The fourth-order valence-electron chi connectivity index (χ4n) is 3.01. The van der Waals surface area contributed by atoms with Crippen LogP contribution >= 0.6 is 0 Å². The summed E-state index contributed by atoms with van der Waals surface area (Å²) >= 11 is 0. The predicted octanol–water partition coefficient (Wildman–Crippen LogP) is 3.64. The molecule has 2 aromatic carbocycles. The molecule has 4 rings (SSSR count). The molecule has 0 saturated heterocycles. The van der Waals surface area contributed by atoms with Crippen molar-refractivity contribution < 1.29 is 0 Å². The van der Waals surface area contributed by atoms with Gasteiger partial charge in [0, 0.05) is 29.7 Å². The van der Waals surface area contributed by atoms with Crippen LogP contribution in [-0.4, -0.2) is 7.05 Å². The molecule has 1 atom stereocenters. The molecule has 2 nitrogen and oxygen atoms in total. The van der Waals surface area contributed by atoms with Crippen LogP contribution in [0.25, 0.3) is 6.08 Å². The normalized spacial score (nSPS) is 19.5. The first-order chi connectivity index (χ1) is 8.84. The average molecular weight is 234 g/mol. The maximum Gasteiger partial charge on any atom is 0.0961 e. The largest absolute Gasteiger partial charge is 0.361 e. The zero-order chi connectivity index (χ0) is 12.1. The van der Waals surface area contributed by atoms with Crippen LogP contribution in [0.1, 0.15) is 17.2 Å². The van der Waals surface area contributed by atoms with Crippen molar-refractivity contribution in [2.24, 2.45) is 0 Å². The Morgan fingerprint density at radius 1 is 1.00 bits per heavy atom. The molecule has 0 saturated carbocycles. The third-order valence-electron chi connectivity index (χ3n) is 3.84. The van der Waals surface area contributed by atoms with E-state index in [0.717, 1.165) is 0 Å². The number of anilines is 2. The molecule has 2 heterocycles. The lowest BCUT2D eigenvalue weighted by Crippen LogP contribution is -2.27. The van der Waals surface area contributed by atoms with Gasteiger partial charge in [-0.2, -0.15) is 0 Å². The van der Waals surface area contributed by atoms with E-state index in [4.69, 9.17) is 0 Å². The molecule has 2 heteroatoms. The Morgan fingerprint density at radius 3 is 2.72 bits per heavy atom. The van der Waals surface area contributed by atoms with Crippen LogP contribution in [0.2, 0.25) is 0 Å². The molecule has 0 aliphatic carbocycles. The molecule has 2 aliphatic rings. The van der Waals surface area contributed by atoms with E-state index in [-0.39, 0.29) is 0 Å². The molecule has 2 aliphatic heterocycles. The van der Waals surface area contributed by atoms with Gasteiger partial charge in [0.25, 0.3) is 0 Å². The van der Waals surface area contributed by atoms with Gasteiger partial charge in [-0.25, -0.2) is 0 Å². The Morgan fingerprint density at radius 2 is 1.78 bits per heavy atom. The van der Waals surface area contributed by atoms with Crippen LogP contribution in [-0.2, 0) is 0 Å². The number of fused-ring (bicyclic) bond motifs is 4. The number of hydrogen-bond donors (Lipinski definition) is 1. The molecule has 1 N–H and O–H groups in total. The highest BCUT2D eigenvalue weighted by Crippen LogP contribution is 2.46. The third kappa shape index (κ3) is 1.17. The summed E-state index contributed by atoms with van der Waals surface area (Å²) in [5.74, 6) is 0. The summed E-state index contributed by atoms with van der Waals surface area (Å²) in [6.45, 7) is 0. The number of hydrogen-bond acceptors (Lipinski definition) is 2. The van der Waals surface area contributed by atoms with Crippen molar-refractivity contribution in [2.75, 3.05) is 17.3 Å². The van der Waals surface area contributed by atoms with Gasteiger partial charge in [0.2, 0.25) is 0 Å². The van der Waals surface area contributed by atoms with Crippen LogP contribution in [0, 0.1) is 0 Å². The summed E-state index contributed by atoms with van der Waals surface area (Å²) in [7, 11) is 2.17. The highest BCUT2D eigenvalue weighted by atomic mass is 15.2. The molecule has 88 valence electrons. The van der Waals surface area contributed by atoms with Gasteiger partial charge in [-0.3, -0.25) is 0 Å². The van der Waals surface area contributed by atoms with E-state index in [1.807, 2.05) is 0 Å². The Balaban J connectivity index is 1.93. The number of nitrogens with zero attached hydrogens (tertiary/aromatic N) is 1. The molecule has 0 radical (unpaired) electrons. The van der Waals surface area contributed by atoms with E-state index < -0.39 is 0 Å². The minimum absolute atomic E-state index is 0.330. The van der Waals surface area contributed by atoms with Gasteiger partial charge in [0.1, 0.15) is 0 Å². The third-order valence-corrected chi connectivity index (χ3v) is 3.84. The van der Waals surface area contributed by atoms with E-state index in [1.165, 1.54) is 28.2 Å². The number of likely N-dealkylation sites (N-methyl/N-ethyl adjacent to an activating group) is 1. The molecule has 18 heavy (non-hydrogen) atoms. The van der Waals surface area contributed by atoms with E-state index in [0.29, 0.717) is 6.04 Å². The van der Waals surface area contributed by atoms with Crippen LogP contribution in [0.5, 0.6) is 0 Å². The van der Waals surface area contributed by atoms with E-state index >= 15 is 0 Å². The van der Waals surface area contributed by atoms with E-state index in [9.17, 15) is 0 Å². The van der Waals surface area contributed by atoms with Gasteiger partial charge >= 0.3 is 0 Å². The van der Waals surface area contributed by atoms with Crippen LogP contribution in [0.4, 0.5) is 11.4 Å². The quantitative estimate of drug-likeness (QED) is 0.748. The van der Waals surface area contributed by atoms with Crippen molar-refractivity contribution in [3.63, 3.8) is 0 Å². The second kappa shape index (κ2) is 3.39. The number of benzene rings is 2. The summed E-state index contributed by atoms with van der Waals surface area (Å²) in [4.78, 5) is 2.35. The molecule has 0 fully saturated rings. The highest BCUT2D eigenvalue weighted by Gasteiger charge is 2.33. The predicted molar refractivity (Wildman–Crippen MR) is 75.6 cm³/mol. The second-order valence-corrected chi connectivity index (χ2v) is 4.88. The van der Waals surface area contributed by atoms with Crippen molar-refractivity contribution >= 4 is 17.5 Å². The Labute approximate surface area is 107 Å². The zero-order valence-corrected chi connectivity index (χ0v) is 10.2. The molecule has 2 aromatic rings. The first-order valence-electron chi connectivity index (χ1n) is 6.24. The van der Waals surface area contributed by atoms with E-state index in [2.05, 4.69) is 71.9 Å². The lowest BCUT2D eigenvalue weighted by molar-refractivity contribution is 0.791. The average Bonchev–Trinajstić information content (AvgIpc) is 2.77. The minimum Gasteiger partial charge on any atom is -0.361 e. The molecule has 0 aromatic heterocycles. The summed E-state index contributed by atoms with van der Waals surface area (Å²) in [6, 6.07) is 17.4.